The molecule has 10 heteroatoms. The van der Waals surface area contributed by atoms with Crippen LogP contribution >= 0.6 is 27.7 Å². The van der Waals surface area contributed by atoms with Gasteiger partial charge in [0.15, 0.2) is 11.6 Å². The molecule has 54 heavy (non-hydrogen) atoms. The molecule has 0 saturated heterocycles. The summed E-state index contributed by atoms with van der Waals surface area (Å²) in [7, 11) is 0. The van der Waals surface area contributed by atoms with Gasteiger partial charge in [0, 0.05) is 37.3 Å². The Balaban J connectivity index is 1.10. The Labute approximate surface area is 323 Å². The first-order valence-electron chi connectivity index (χ1n) is 16.8. The number of nitrogens with one attached hydrogen (secondary N) is 3. The van der Waals surface area contributed by atoms with Crippen LogP contribution in [0.4, 0.5) is 11.4 Å². The van der Waals surface area contributed by atoms with Crippen molar-refractivity contribution in [3.63, 3.8) is 0 Å². The Morgan fingerprint density at radius 3 is 1.91 bits per heavy atom. The zero-order valence-electron chi connectivity index (χ0n) is 28.4. The normalized spacial score (nSPS) is 12.6. The average molecular weight is 793 g/mol. The quantitative estimate of drug-likeness (QED) is 0.0939. The van der Waals surface area contributed by atoms with Gasteiger partial charge in [-0.1, -0.05) is 113 Å². The predicted molar refractivity (Wildman–Crippen MR) is 215 cm³/mol. The molecule has 264 valence electrons. The zero-order valence-corrected chi connectivity index (χ0v) is 30.8. The van der Waals surface area contributed by atoms with E-state index in [1.165, 1.54) is 11.8 Å². The molecule has 7 rings (SSSR count). The van der Waals surface area contributed by atoms with Gasteiger partial charge in [-0.2, -0.15) is 0 Å². The lowest BCUT2D eigenvalue weighted by molar-refractivity contribution is -0.116. The van der Waals surface area contributed by atoms with Crippen LogP contribution in [0.1, 0.15) is 58.6 Å². The summed E-state index contributed by atoms with van der Waals surface area (Å²) in [6.45, 7) is 0. The zero-order chi connectivity index (χ0) is 37.6. The molecule has 1 unspecified atom stereocenters. The van der Waals surface area contributed by atoms with Gasteiger partial charge in [-0.15, -0.1) is 11.8 Å². The molecule has 0 heterocycles. The number of rotatable bonds is 10. The van der Waals surface area contributed by atoms with E-state index in [4.69, 9.17) is 0 Å². The van der Waals surface area contributed by atoms with Crippen molar-refractivity contribution in [1.29, 1.82) is 0 Å². The van der Waals surface area contributed by atoms with E-state index in [2.05, 4.69) is 31.9 Å². The Kier molecular flexibility index (Phi) is 10.7. The lowest BCUT2D eigenvalue weighted by atomic mass is 9.83. The van der Waals surface area contributed by atoms with E-state index >= 15 is 0 Å². The van der Waals surface area contributed by atoms with Crippen molar-refractivity contribution in [2.24, 2.45) is 0 Å². The molecular formula is C44H30BrN3O5S. The van der Waals surface area contributed by atoms with E-state index in [1.54, 1.807) is 103 Å². The predicted octanol–water partition coefficient (Wildman–Crippen LogP) is 9.11. The van der Waals surface area contributed by atoms with Gasteiger partial charge >= 0.3 is 0 Å². The summed E-state index contributed by atoms with van der Waals surface area (Å²) in [6, 6.07) is 43.7. The van der Waals surface area contributed by atoms with Gasteiger partial charge < -0.3 is 16.0 Å². The van der Waals surface area contributed by atoms with Crippen LogP contribution in [0.5, 0.6) is 0 Å². The minimum Gasteiger partial charge on any atom is -0.324 e. The number of benzene rings is 6. The van der Waals surface area contributed by atoms with Crippen LogP contribution in [0.25, 0.3) is 6.08 Å². The van der Waals surface area contributed by atoms with E-state index in [0.29, 0.717) is 27.9 Å². The summed E-state index contributed by atoms with van der Waals surface area (Å²) in [6.07, 6.45) is 1.60. The maximum atomic E-state index is 14.1. The SMILES string of the molecule is O=C(Nc1ccc(SC(C(=O)Nc2cccc3c2C(=O)c2ccccc2C3=O)c2ccccc2)cc1)/C(=C/c1ccc(Br)cc1)NC(=O)c1ccccc1. The van der Waals surface area contributed by atoms with E-state index < -0.39 is 17.1 Å². The maximum Gasteiger partial charge on any atom is 0.272 e. The molecule has 6 aromatic rings. The minimum atomic E-state index is -0.738. The fourth-order valence-corrected chi connectivity index (χ4v) is 7.26. The minimum absolute atomic E-state index is 0.0530. The summed E-state index contributed by atoms with van der Waals surface area (Å²) in [5, 5.41) is 7.81. The van der Waals surface area contributed by atoms with Crippen molar-refractivity contribution >= 4 is 74.4 Å². The number of thioether (sulfide) groups is 1. The summed E-state index contributed by atoms with van der Waals surface area (Å²) >= 11 is 4.71. The third kappa shape index (κ3) is 8.00. The average Bonchev–Trinajstić information content (AvgIpc) is 3.20. The number of hydrogen-bond donors (Lipinski definition) is 3. The van der Waals surface area contributed by atoms with Crippen LogP contribution in [0.15, 0.2) is 167 Å². The second-order valence-corrected chi connectivity index (χ2v) is 14.3. The smallest absolute Gasteiger partial charge is 0.272 e. The number of hydrogen-bond acceptors (Lipinski definition) is 6. The summed E-state index contributed by atoms with van der Waals surface area (Å²) < 4.78 is 0.876. The van der Waals surface area contributed by atoms with Crippen molar-refractivity contribution in [3.05, 3.63) is 201 Å². The summed E-state index contributed by atoms with van der Waals surface area (Å²) in [5.74, 6) is -1.93. The molecule has 0 spiro atoms. The van der Waals surface area contributed by atoms with Crippen LogP contribution in [-0.2, 0) is 9.59 Å². The van der Waals surface area contributed by atoms with Gasteiger partial charge in [0.1, 0.15) is 10.9 Å². The lowest BCUT2D eigenvalue weighted by Gasteiger charge is -2.22. The van der Waals surface area contributed by atoms with Crippen molar-refractivity contribution in [3.8, 4) is 0 Å². The molecular weight excluding hydrogens is 762 g/mol. The van der Waals surface area contributed by atoms with Gasteiger partial charge in [0.05, 0.1) is 11.3 Å². The van der Waals surface area contributed by atoms with Crippen molar-refractivity contribution in [2.75, 3.05) is 10.6 Å². The third-order valence-electron chi connectivity index (χ3n) is 8.63. The molecule has 1 aliphatic carbocycles. The Morgan fingerprint density at radius 2 is 1.22 bits per heavy atom. The maximum absolute atomic E-state index is 14.1. The third-order valence-corrected chi connectivity index (χ3v) is 10.4. The molecule has 1 aliphatic rings. The molecule has 0 aliphatic heterocycles. The fraction of sp³-hybridized carbons (Fsp3) is 0.0227. The highest BCUT2D eigenvalue weighted by Crippen LogP contribution is 2.38. The molecule has 3 N–H and O–H groups in total. The second kappa shape index (κ2) is 16.1. The van der Waals surface area contributed by atoms with E-state index in [-0.39, 0.29) is 40.0 Å². The van der Waals surface area contributed by atoms with Crippen LogP contribution in [0, 0.1) is 0 Å². The van der Waals surface area contributed by atoms with Gasteiger partial charge in [-0.05, 0) is 71.8 Å². The van der Waals surface area contributed by atoms with E-state index in [1.807, 2.05) is 54.6 Å². The second-order valence-electron chi connectivity index (χ2n) is 12.2. The van der Waals surface area contributed by atoms with Crippen molar-refractivity contribution in [2.45, 2.75) is 10.1 Å². The van der Waals surface area contributed by atoms with Gasteiger partial charge in [0.2, 0.25) is 5.91 Å². The molecule has 6 aromatic carbocycles. The Bertz CT molecular complexity index is 2430. The van der Waals surface area contributed by atoms with Gasteiger partial charge in [-0.3, -0.25) is 24.0 Å². The number of fused-ring (bicyclic) bond motifs is 2. The monoisotopic (exact) mass is 791 g/mol. The largest absolute Gasteiger partial charge is 0.324 e. The van der Waals surface area contributed by atoms with Crippen LogP contribution < -0.4 is 16.0 Å². The first-order chi connectivity index (χ1) is 26.2. The molecule has 0 fully saturated rings. The molecule has 0 bridgehead atoms. The lowest BCUT2D eigenvalue weighted by Crippen LogP contribution is -2.30. The van der Waals surface area contributed by atoms with Gasteiger partial charge in [0.25, 0.3) is 11.8 Å². The number of carbonyl (C=O) groups excluding carboxylic acids is 5. The molecule has 0 aromatic heterocycles. The Hall–Kier alpha value is -6.36. The Morgan fingerprint density at radius 1 is 0.611 bits per heavy atom. The molecule has 1 atom stereocenters. The number of amides is 3. The van der Waals surface area contributed by atoms with Gasteiger partial charge in [-0.25, -0.2) is 0 Å². The molecule has 3 amide bonds. The van der Waals surface area contributed by atoms with E-state index in [9.17, 15) is 24.0 Å². The van der Waals surface area contributed by atoms with Crippen molar-refractivity contribution in [1.82, 2.24) is 5.32 Å². The van der Waals surface area contributed by atoms with E-state index in [0.717, 1.165) is 14.9 Å². The number of carbonyl (C=O) groups is 5. The molecule has 0 saturated carbocycles. The van der Waals surface area contributed by atoms with Crippen LogP contribution in [0.2, 0.25) is 0 Å². The van der Waals surface area contributed by atoms with Crippen LogP contribution in [-0.4, -0.2) is 29.3 Å². The first kappa shape index (κ1) is 36.0. The summed E-state index contributed by atoms with van der Waals surface area (Å²) in [4.78, 5) is 68.3. The number of halogens is 1. The molecule has 8 nitrogen and oxygen atoms in total. The first-order valence-corrected chi connectivity index (χ1v) is 18.5. The van der Waals surface area contributed by atoms with Crippen LogP contribution in [0.3, 0.4) is 0 Å². The van der Waals surface area contributed by atoms with Crippen molar-refractivity contribution < 1.29 is 24.0 Å². The standard InChI is InChI=1S/C44H30BrN3O5S/c45-30-20-18-27(19-21-30)26-37(48-42(51)29-12-5-2-6-13-29)43(52)46-31-22-24-32(25-23-31)54-41(28-10-3-1-4-11-28)44(53)47-36-17-9-16-35-38(36)40(50)34-15-8-7-14-33(34)39(35)49/h1-26,41H,(H,46,52)(H,47,53)(H,48,51)/b37-26-. The fourth-order valence-electron chi connectivity index (χ4n) is 5.97. The summed E-state index contributed by atoms with van der Waals surface area (Å²) in [5.41, 5.74) is 3.68. The topological polar surface area (TPSA) is 121 Å². The number of anilines is 2. The highest BCUT2D eigenvalue weighted by atomic mass is 79.9. The highest BCUT2D eigenvalue weighted by Gasteiger charge is 2.33. The highest BCUT2D eigenvalue weighted by molar-refractivity contribution is 9.10. The number of ketones is 2. The molecule has 0 radical (unpaired) electrons.